The van der Waals surface area contributed by atoms with Crippen molar-refractivity contribution in [3.8, 4) is 11.1 Å². The second-order valence-corrected chi connectivity index (χ2v) is 4.57. The van der Waals surface area contributed by atoms with Gasteiger partial charge in [-0.25, -0.2) is 4.39 Å². The minimum absolute atomic E-state index is 0.162. The highest BCUT2D eigenvalue weighted by molar-refractivity contribution is 5.62. The van der Waals surface area contributed by atoms with Crippen molar-refractivity contribution in [3.63, 3.8) is 0 Å². The molecule has 0 spiro atoms. The van der Waals surface area contributed by atoms with Crippen LogP contribution in [0.5, 0.6) is 0 Å². The molecule has 1 N–H and O–H groups in total. The number of halogens is 1. The SMILES string of the molecule is CCCNCc1ccc(-c2cnn(CC)c2)cc1F. The Bertz CT molecular complexity index is 534. The Hall–Kier alpha value is -1.68. The molecule has 0 atom stereocenters. The Balaban J connectivity index is 2.13. The number of hydrogen-bond acceptors (Lipinski definition) is 2. The zero-order chi connectivity index (χ0) is 13.7. The Kier molecular flexibility index (Phi) is 4.68. The standard InChI is InChI=1S/C15H20FN3/c1-3-7-17-9-13-6-5-12(8-15(13)16)14-10-18-19(4-2)11-14/h5-6,8,10-11,17H,3-4,7,9H2,1-2H3. The van der Waals surface area contributed by atoms with E-state index in [0.29, 0.717) is 12.1 Å². The van der Waals surface area contributed by atoms with E-state index >= 15 is 0 Å². The lowest BCUT2D eigenvalue weighted by atomic mass is 10.1. The minimum Gasteiger partial charge on any atom is -0.313 e. The van der Waals surface area contributed by atoms with Crippen LogP contribution in [-0.4, -0.2) is 16.3 Å². The fraction of sp³-hybridized carbons (Fsp3) is 0.400. The first kappa shape index (κ1) is 13.7. The first-order valence-electron chi connectivity index (χ1n) is 6.76. The minimum atomic E-state index is -0.162. The molecule has 0 bridgehead atoms. The van der Waals surface area contributed by atoms with E-state index in [4.69, 9.17) is 0 Å². The molecule has 1 heterocycles. The molecule has 4 heteroatoms. The Labute approximate surface area is 113 Å². The van der Waals surface area contributed by atoms with E-state index in [2.05, 4.69) is 17.3 Å². The van der Waals surface area contributed by atoms with Crippen LogP contribution in [0.4, 0.5) is 4.39 Å². The van der Waals surface area contributed by atoms with Crippen LogP contribution < -0.4 is 5.32 Å². The van der Waals surface area contributed by atoms with E-state index in [1.165, 1.54) is 0 Å². The van der Waals surface area contributed by atoms with E-state index in [1.807, 2.05) is 29.9 Å². The summed E-state index contributed by atoms with van der Waals surface area (Å²) in [5.74, 6) is -0.162. The van der Waals surface area contributed by atoms with E-state index in [9.17, 15) is 4.39 Å². The molecule has 0 fully saturated rings. The summed E-state index contributed by atoms with van der Waals surface area (Å²) in [5.41, 5.74) is 2.53. The van der Waals surface area contributed by atoms with Gasteiger partial charge in [0.15, 0.2) is 0 Å². The summed E-state index contributed by atoms with van der Waals surface area (Å²) < 4.78 is 15.8. The fourth-order valence-corrected chi connectivity index (χ4v) is 1.96. The van der Waals surface area contributed by atoms with Crippen LogP contribution in [0.25, 0.3) is 11.1 Å². The van der Waals surface area contributed by atoms with Gasteiger partial charge in [0.1, 0.15) is 5.82 Å². The summed E-state index contributed by atoms with van der Waals surface area (Å²) in [5, 5.41) is 7.41. The predicted octanol–water partition coefficient (Wildman–Crippen LogP) is 3.21. The van der Waals surface area contributed by atoms with Crippen molar-refractivity contribution in [1.29, 1.82) is 0 Å². The molecule has 0 amide bonds. The number of aromatic nitrogens is 2. The molecule has 0 radical (unpaired) electrons. The van der Waals surface area contributed by atoms with Gasteiger partial charge in [0.2, 0.25) is 0 Å². The third kappa shape index (κ3) is 3.41. The van der Waals surface area contributed by atoms with Crippen molar-refractivity contribution in [2.24, 2.45) is 0 Å². The van der Waals surface area contributed by atoms with Gasteiger partial charge in [0.25, 0.3) is 0 Å². The molecule has 0 aliphatic carbocycles. The number of aryl methyl sites for hydroxylation is 1. The molecular formula is C15H20FN3. The number of rotatable bonds is 6. The van der Waals surface area contributed by atoms with Crippen LogP contribution >= 0.6 is 0 Å². The average molecular weight is 261 g/mol. The third-order valence-corrected chi connectivity index (χ3v) is 3.09. The van der Waals surface area contributed by atoms with Gasteiger partial charge in [-0.1, -0.05) is 19.1 Å². The van der Waals surface area contributed by atoms with Crippen molar-refractivity contribution in [2.75, 3.05) is 6.54 Å². The van der Waals surface area contributed by atoms with Gasteiger partial charge in [-0.15, -0.1) is 0 Å². The van der Waals surface area contributed by atoms with Crippen LogP contribution in [0.3, 0.4) is 0 Å². The van der Waals surface area contributed by atoms with E-state index in [1.54, 1.807) is 12.3 Å². The van der Waals surface area contributed by atoms with E-state index in [0.717, 1.165) is 30.6 Å². The molecule has 0 aliphatic rings. The smallest absolute Gasteiger partial charge is 0.128 e. The second-order valence-electron chi connectivity index (χ2n) is 4.57. The van der Waals surface area contributed by atoms with Gasteiger partial charge in [0, 0.05) is 30.4 Å². The van der Waals surface area contributed by atoms with Crippen molar-refractivity contribution in [3.05, 3.63) is 42.0 Å². The summed E-state index contributed by atoms with van der Waals surface area (Å²) in [6.07, 6.45) is 4.76. The largest absolute Gasteiger partial charge is 0.313 e. The van der Waals surface area contributed by atoms with Crippen molar-refractivity contribution >= 4 is 0 Å². The van der Waals surface area contributed by atoms with Crippen molar-refractivity contribution in [2.45, 2.75) is 33.4 Å². The molecule has 0 aliphatic heterocycles. The lowest BCUT2D eigenvalue weighted by Gasteiger charge is -2.06. The predicted molar refractivity (Wildman–Crippen MR) is 75.3 cm³/mol. The molecule has 2 rings (SSSR count). The molecule has 0 saturated carbocycles. The van der Waals surface area contributed by atoms with E-state index in [-0.39, 0.29) is 5.82 Å². The van der Waals surface area contributed by atoms with Crippen molar-refractivity contribution in [1.82, 2.24) is 15.1 Å². The fourth-order valence-electron chi connectivity index (χ4n) is 1.96. The summed E-state index contributed by atoms with van der Waals surface area (Å²) in [4.78, 5) is 0. The van der Waals surface area contributed by atoms with Gasteiger partial charge < -0.3 is 5.32 Å². The quantitative estimate of drug-likeness (QED) is 0.809. The summed E-state index contributed by atoms with van der Waals surface area (Å²) in [7, 11) is 0. The van der Waals surface area contributed by atoms with Gasteiger partial charge in [-0.3, -0.25) is 4.68 Å². The molecule has 19 heavy (non-hydrogen) atoms. The summed E-state index contributed by atoms with van der Waals surface area (Å²) in [6.45, 7) is 6.43. The maximum atomic E-state index is 14.0. The molecule has 3 nitrogen and oxygen atoms in total. The molecule has 1 aromatic carbocycles. The number of benzene rings is 1. The second kappa shape index (κ2) is 6.48. The maximum Gasteiger partial charge on any atom is 0.128 e. The van der Waals surface area contributed by atoms with Crippen molar-refractivity contribution < 1.29 is 4.39 Å². The topological polar surface area (TPSA) is 29.9 Å². The van der Waals surface area contributed by atoms with Gasteiger partial charge >= 0.3 is 0 Å². The molecule has 1 aromatic heterocycles. The first-order valence-corrected chi connectivity index (χ1v) is 6.76. The summed E-state index contributed by atoms with van der Waals surface area (Å²) >= 11 is 0. The molecule has 0 saturated heterocycles. The normalized spacial score (nSPS) is 10.9. The van der Waals surface area contributed by atoms with Crippen LogP contribution in [0.15, 0.2) is 30.6 Å². The lowest BCUT2D eigenvalue weighted by molar-refractivity contribution is 0.587. The zero-order valence-corrected chi connectivity index (χ0v) is 11.5. The highest BCUT2D eigenvalue weighted by Crippen LogP contribution is 2.21. The highest BCUT2D eigenvalue weighted by Gasteiger charge is 2.06. The Morgan fingerprint density at radius 3 is 2.74 bits per heavy atom. The van der Waals surface area contributed by atoms with Crippen LogP contribution in [0, 0.1) is 5.82 Å². The van der Waals surface area contributed by atoms with Crippen LogP contribution in [0.2, 0.25) is 0 Å². The van der Waals surface area contributed by atoms with Gasteiger partial charge in [-0.05, 0) is 31.5 Å². The van der Waals surface area contributed by atoms with Gasteiger partial charge in [-0.2, -0.15) is 5.10 Å². The summed E-state index contributed by atoms with van der Waals surface area (Å²) in [6, 6.07) is 5.37. The van der Waals surface area contributed by atoms with Crippen LogP contribution in [0.1, 0.15) is 25.8 Å². The Morgan fingerprint density at radius 1 is 1.26 bits per heavy atom. The third-order valence-electron chi connectivity index (χ3n) is 3.09. The number of hydrogen-bond donors (Lipinski definition) is 1. The average Bonchev–Trinajstić information content (AvgIpc) is 2.89. The van der Waals surface area contributed by atoms with E-state index < -0.39 is 0 Å². The molecule has 2 aromatic rings. The first-order chi connectivity index (χ1) is 9.24. The molecule has 0 unspecified atom stereocenters. The number of nitrogens with one attached hydrogen (secondary N) is 1. The monoisotopic (exact) mass is 261 g/mol. The number of nitrogens with zero attached hydrogens (tertiary/aromatic N) is 2. The van der Waals surface area contributed by atoms with Crippen LogP contribution in [-0.2, 0) is 13.1 Å². The Morgan fingerprint density at radius 2 is 2.11 bits per heavy atom. The van der Waals surface area contributed by atoms with Gasteiger partial charge in [0.05, 0.1) is 6.20 Å². The molecular weight excluding hydrogens is 241 g/mol. The maximum absolute atomic E-state index is 14.0. The molecule has 102 valence electrons. The lowest BCUT2D eigenvalue weighted by Crippen LogP contribution is -2.14. The zero-order valence-electron chi connectivity index (χ0n) is 11.5. The highest BCUT2D eigenvalue weighted by atomic mass is 19.1.